The molecule has 0 aromatic heterocycles. The Labute approximate surface area is 96.5 Å². The van der Waals surface area contributed by atoms with Crippen LogP contribution in [-0.4, -0.2) is 37.7 Å². The molecule has 0 spiro atoms. The fourth-order valence-corrected chi connectivity index (χ4v) is 1.94. The summed E-state index contributed by atoms with van der Waals surface area (Å²) in [6, 6.07) is 0.395. The van der Waals surface area contributed by atoms with Gasteiger partial charge in [-0.3, -0.25) is 4.79 Å². The number of hydrogen-bond acceptors (Lipinski definition) is 3. The summed E-state index contributed by atoms with van der Waals surface area (Å²) in [6.45, 7) is 0.791. The van der Waals surface area contributed by atoms with Crippen LogP contribution >= 0.6 is 12.4 Å². The third kappa shape index (κ3) is 3.06. The Kier molecular flexibility index (Phi) is 4.83. The van der Waals surface area contributed by atoms with Crippen LogP contribution in [0.25, 0.3) is 0 Å². The van der Waals surface area contributed by atoms with Gasteiger partial charge in [-0.1, -0.05) is 0 Å². The van der Waals surface area contributed by atoms with Crippen LogP contribution in [0, 0.1) is 0 Å². The molecule has 0 radical (unpaired) electrons. The Morgan fingerprint density at radius 3 is 2.67 bits per heavy atom. The molecule has 2 fully saturated rings. The fraction of sp³-hybridized carbons (Fsp3) is 0.900. The second kappa shape index (κ2) is 5.68. The molecule has 4 nitrogen and oxygen atoms in total. The Morgan fingerprint density at radius 1 is 1.47 bits per heavy atom. The van der Waals surface area contributed by atoms with Gasteiger partial charge in [0.1, 0.15) is 0 Å². The average Bonchev–Trinajstić information content (AvgIpc) is 2.59. The summed E-state index contributed by atoms with van der Waals surface area (Å²) >= 11 is 0. The zero-order chi connectivity index (χ0) is 9.97. The highest BCUT2D eigenvalue weighted by molar-refractivity contribution is 5.85. The largest absolute Gasteiger partial charge is 0.380 e. The minimum atomic E-state index is -0.0412. The number of halogens is 1. The van der Waals surface area contributed by atoms with E-state index in [1.165, 1.54) is 6.42 Å². The zero-order valence-corrected chi connectivity index (χ0v) is 9.81. The molecule has 1 amide bonds. The highest BCUT2D eigenvalue weighted by Gasteiger charge is 2.31. The summed E-state index contributed by atoms with van der Waals surface area (Å²) in [5.41, 5.74) is 0. The van der Waals surface area contributed by atoms with E-state index in [9.17, 15) is 4.79 Å². The first-order valence-corrected chi connectivity index (χ1v) is 5.36. The first-order valence-electron chi connectivity index (χ1n) is 5.36. The Bertz CT molecular complexity index is 221. The maximum Gasteiger partial charge on any atom is 0.237 e. The first-order chi connectivity index (χ1) is 6.79. The van der Waals surface area contributed by atoms with Gasteiger partial charge in [0.25, 0.3) is 0 Å². The molecule has 1 aliphatic carbocycles. The predicted octanol–water partition coefficient (Wildman–Crippen LogP) is 0.454. The molecular weight excluding hydrogens is 216 g/mol. The Morgan fingerprint density at radius 2 is 2.20 bits per heavy atom. The van der Waals surface area contributed by atoms with E-state index >= 15 is 0 Å². The normalized spacial score (nSPS) is 30.5. The van der Waals surface area contributed by atoms with E-state index in [-0.39, 0.29) is 30.5 Å². The van der Waals surface area contributed by atoms with Crippen molar-refractivity contribution in [3.05, 3.63) is 0 Å². The van der Waals surface area contributed by atoms with Gasteiger partial charge in [0, 0.05) is 19.7 Å². The molecule has 1 aliphatic heterocycles. The number of ether oxygens (including phenoxy) is 1. The molecule has 0 aromatic carbocycles. The van der Waals surface area contributed by atoms with E-state index < -0.39 is 0 Å². The van der Waals surface area contributed by atoms with Crippen molar-refractivity contribution in [2.45, 2.75) is 43.9 Å². The molecule has 2 aliphatic rings. The molecular formula is C10H19ClN2O2. The molecule has 1 heterocycles. The quantitative estimate of drug-likeness (QED) is 0.746. The van der Waals surface area contributed by atoms with Crippen molar-refractivity contribution in [3.8, 4) is 0 Å². The van der Waals surface area contributed by atoms with E-state index in [2.05, 4.69) is 10.6 Å². The Balaban J connectivity index is 0.00000112. The lowest BCUT2D eigenvalue weighted by atomic mass is 9.93. The van der Waals surface area contributed by atoms with Crippen molar-refractivity contribution in [1.29, 1.82) is 0 Å². The number of rotatable bonds is 3. The van der Waals surface area contributed by atoms with Gasteiger partial charge in [-0.25, -0.2) is 0 Å². The summed E-state index contributed by atoms with van der Waals surface area (Å²) in [6.07, 6.45) is 4.55. The monoisotopic (exact) mass is 234 g/mol. The molecule has 0 aromatic rings. The maximum atomic E-state index is 11.7. The van der Waals surface area contributed by atoms with Crippen LogP contribution in [0.4, 0.5) is 0 Å². The summed E-state index contributed by atoms with van der Waals surface area (Å²) in [4.78, 5) is 11.7. The van der Waals surface area contributed by atoms with Crippen LogP contribution in [0.2, 0.25) is 0 Å². The van der Waals surface area contributed by atoms with E-state index in [0.717, 1.165) is 25.8 Å². The van der Waals surface area contributed by atoms with Crippen LogP contribution in [0.3, 0.4) is 0 Å². The summed E-state index contributed by atoms with van der Waals surface area (Å²) in [5, 5.41) is 6.22. The number of carbonyl (C=O) groups excluding carboxylic acids is 1. The van der Waals surface area contributed by atoms with Gasteiger partial charge < -0.3 is 15.4 Å². The maximum absolute atomic E-state index is 11.7. The van der Waals surface area contributed by atoms with Gasteiger partial charge in [-0.05, 0) is 25.7 Å². The zero-order valence-electron chi connectivity index (χ0n) is 8.99. The lowest BCUT2D eigenvalue weighted by molar-refractivity contribution is -0.124. The first kappa shape index (κ1) is 12.7. The van der Waals surface area contributed by atoms with Gasteiger partial charge >= 0.3 is 0 Å². The molecule has 5 heteroatoms. The van der Waals surface area contributed by atoms with E-state index in [1.54, 1.807) is 7.11 Å². The number of nitrogens with one attached hydrogen (secondary N) is 2. The number of hydrogen-bond donors (Lipinski definition) is 2. The highest BCUT2D eigenvalue weighted by atomic mass is 35.5. The lowest BCUT2D eigenvalue weighted by Crippen LogP contribution is -2.47. The molecule has 2 N–H and O–H groups in total. The van der Waals surface area contributed by atoms with E-state index in [1.807, 2.05) is 0 Å². The lowest BCUT2D eigenvalue weighted by Gasteiger charge is -2.27. The van der Waals surface area contributed by atoms with Gasteiger partial charge in [-0.2, -0.15) is 0 Å². The highest BCUT2D eigenvalue weighted by Crippen LogP contribution is 2.19. The molecule has 0 bridgehead atoms. The molecule has 88 valence electrons. The minimum Gasteiger partial charge on any atom is -0.380 e. The van der Waals surface area contributed by atoms with E-state index in [0.29, 0.717) is 6.04 Å². The van der Waals surface area contributed by atoms with Crippen LogP contribution in [0.5, 0.6) is 0 Å². The second-order valence-electron chi connectivity index (χ2n) is 4.19. The SMILES string of the molecule is CO[C@@H]1CN[C@H](C(=O)NC2CCC2)C1.Cl. The van der Waals surface area contributed by atoms with Crippen molar-refractivity contribution in [2.75, 3.05) is 13.7 Å². The van der Waals surface area contributed by atoms with Crippen molar-refractivity contribution in [3.63, 3.8) is 0 Å². The van der Waals surface area contributed by atoms with Crippen LogP contribution in [-0.2, 0) is 9.53 Å². The molecule has 0 unspecified atom stereocenters. The Hall–Kier alpha value is -0.320. The van der Waals surface area contributed by atoms with Gasteiger partial charge in [0.05, 0.1) is 12.1 Å². The average molecular weight is 235 g/mol. The smallest absolute Gasteiger partial charge is 0.237 e. The molecule has 2 atom stereocenters. The molecule has 2 rings (SSSR count). The molecule has 1 saturated heterocycles. The molecule has 15 heavy (non-hydrogen) atoms. The summed E-state index contributed by atoms with van der Waals surface area (Å²) in [5.74, 6) is 0.147. The van der Waals surface area contributed by atoms with Crippen molar-refractivity contribution < 1.29 is 9.53 Å². The van der Waals surface area contributed by atoms with Gasteiger partial charge in [-0.15, -0.1) is 12.4 Å². The third-order valence-electron chi connectivity index (χ3n) is 3.19. The topological polar surface area (TPSA) is 50.4 Å². The van der Waals surface area contributed by atoms with Crippen LogP contribution in [0.15, 0.2) is 0 Å². The second-order valence-corrected chi connectivity index (χ2v) is 4.19. The number of carbonyl (C=O) groups is 1. The van der Waals surface area contributed by atoms with Crippen molar-refractivity contribution in [2.24, 2.45) is 0 Å². The summed E-state index contributed by atoms with van der Waals surface area (Å²) in [7, 11) is 1.69. The van der Waals surface area contributed by atoms with E-state index in [4.69, 9.17) is 4.74 Å². The van der Waals surface area contributed by atoms with Crippen LogP contribution in [0.1, 0.15) is 25.7 Å². The minimum absolute atomic E-state index is 0. The predicted molar refractivity (Wildman–Crippen MR) is 60.2 cm³/mol. The van der Waals surface area contributed by atoms with Gasteiger partial charge in [0.2, 0.25) is 5.91 Å². The van der Waals surface area contributed by atoms with Crippen molar-refractivity contribution in [1.82, 2.24) is 10.6 Å². The van der Waals surface area contributed by atoms with Crippen LogP contribution < -0.4 is 10.6 Å². The fourth-order valence-electron chi connectivity index (χ4n) is 1.94. The number of amides is 1. The third-order valence-corrected chi connectivity index (χ3v) is 3.19. The number of methoxy groups -OCH3 is 1. The standard InChI is InChI=1S/C10H18N2O2.ClH/c1-14-8-5-9(11-6-8)10(13)12-7-3-2-4-7;/h7-9,11H,2-6H2,1H3,(H,12,13);1H/t8-,9-;/m0./s1. The summed E-state index contributed by atoms with van der Waals surface area (Å²) < 4.78 is 5.19. The molecule has 1 saturated carbocycles. The van der Waals surface area contributed by atoms with Gasteiger partial charge in [0.15, 0.2) is 0 Å². The van der Waals surface area contributed by atoms with Crippen molar-refractivity contribution >= 4 is 18.3 Å².